The van der Waals surface area contributed by atoms with Crippen LogP contribution in [0.1, 0.15) is 45.6 Å². The number of anilines is 1. The first-order valence-corrected chi connectivity index (χ1v) is 18.3. The van der Waals surface area contributed by atoms with Gasteiger partial charge < -0.3 is 29.8 Å². The lowest BCUT2D eigenvalue weighted by molar-refractivity contribution is -0.137. The number of nitrogens with one attached hydrogen (secondary N) is 2. The molecular weight excluding hydrogens is 603 g/mol. The van der Waals surface area contributed by atoms with E-state index in [1.165, 1.54) is 18.3 Å². The van der Waals surface area contributed by atoms with Gasteiger partial charge in [-0.2, -0.15) is 13.2 Å². The monoisotopic (exact) mass is 641 g/mol. The van der Waals surface area contributed by atoms with Crippen molar-refractivity contribution in [2.75, 3.05) is 11.9 Å². The summed E-state index contributed by atoms with van der Waals surface area (Å²) in [6, 6.07) is 3.12. The highest BCUT2D eigenvalue weighted by atomic mass is 35.5. The molecule has 1 aromatic carbocycles. The summed E-state index contributed by atoms with van der Waals surface area (Å²) in [4.78, 5) is 20.7. The quantitative estimate of drug-likeness (QED) is 0.163. The van der Waals surface area contributed by atoms with Gasteiger partial charge in [-0.05, 0) is 58.2 Å². The highest BCUT2D eigenvalue weighted by Crippen LogP contribution is 2.42. The second kappa shape index (κ2) is 12.5. The topological polar surface area (TPSA) is 111 Å². The number of alkyl carbamates (subject to hydrolysis) is 1. The van der Waals surface area contributed by atoms with Gasteiger partial charge in [0.2, 0.25) is 5.95 Å². The van der Waals surface area contributed by atoms with Gasteiger partial charge in [-0.3, -0.25) is 0 Å². The number of halogens is 4. The molecule has 0 radical (unpaired) electrons. The zero-order valence-electron chi connectivity index (χ0n) is 25.2. The van der Waals surface area contributed by atoms with E-state index in [0.29, 0.717) is 30.4 Å². The first-order valence-electron chi connectivity index (χ1n) is 14.2. The minimum absolute atomic E-state index is 0.000486. The third kappa shape index (κ3) is 8.33. The number of carbonyl (C=O) groups is 1. The third-order valence-corrected chi connectivity index (χ3v) is 9.14. The van der Waals surface area contributed by atoms with Crippen molar-refractivity contribution in [3.8, 4) is 17.0 Å². The number of nitrogens with zero attached hydrogens (tertiary/aromatic N) is 3. The number of ether oxygens (including phenoxy) is 2. The predicted molar refractivity (Wildman–Crippen MR) is 163 cm³/mol. The van der Waals surface area contributed by atoms with Crippen molar-refractivity contribution in [3.05, 3.63) is 35.1 Å². The van der Waals surface area contributed by atoms with E-state index >= 15 is 0 Å². The van der Waals surface area contributed by atoms with E-state index in [1.54, 1.807) is 25.3 Å². The van der Waals surface area contributed by atoms with Crippen molar-refractivity contribution >= 4 is 42.6 Å². The van der Waals surface area contributed by atoms with E-state index in [9.17, 15) is 23.1 Å². The number of hydrogen-bond acceptors (Lipinski definition) is 7. The van der Waals surface area contributed by atoms with Crippen LogP contribution in [0, 0.1) is 0 Å². The largest absolute Gasteiger partial charge is 0.506 e. The molecule has 3 N–H and O–H groups in total. The molecule has 2 aromatic heterocycles. The van der Waals surface area contributed by atoms with Crippen LogP contribution < -0.4 is 10.6 Å². The fourth-order valence-corrected chi connectivity index (χ4v) is 6.00. The molecule has 14 heteroatoms. The van der Waals surface area contributed by atoms with Crippen molar-refractivity contribution in [1.29, 1.82) is 0 Å². The molecule has 0 bridgehead atoms. The molecule has 43 heavy (non-hydrogen) atoms. The Hall–Kier alpha value is -3.03. The molecule has 0 unspecified atom stereocenters. The van der Waals surface area contributed by atoms with Crippen molar-refractivity contribution in [2.45, 2.75) is 96.3 Å². The Bertz CT molecular complexity index is 1470. The average Bonchev–Trinajstić information content (AvgIpc) is 3.46. The number of aromatic hydroxyl groups is 1. The number of hydrogen-bond donors (Lipinski definition) is 3. The molecule has 1 saturated carbocycles. The van der Waals surface area contributed by atoms with E-state index < -0.39 is 31.5 Å². The number of fused-ring (bicyclic) bond motifs is 1. The van der Waals surface area contributed by atoms with Gasteiger partial charge in [0.05, 0.1) is 17.3 Å². The van der Waals surface area contributed by atoms with Gasteiger partial charge in [0.15, 0.2) is 0 Å². The predicted octanol–water partition coefficient (Wildman–Crippen LogP) is 7.65. The number of phenolic OH excluding ortho intramolecular Hbond substituents is 1. The third-order valence-electron chi connectivity index (χ3n) is 7.07. The lowest BCUT2D eigenvalue weighted by Crippen LogP contribution is -2.45. The first-order chi connectivity index (χ1) is 19.9. The van der Waals surface area contributed by atoms with Crippen LogP contribution in [0.2, 0.25) is 30.7 Å². The molecule has 0 aliphatic heterocycles. The molecule has 1 amide bonds. The summed E-state index contributed by atoms with van der Waals surface area (Å²) in [5.41, 5.74) is -1.53. The summed E-state index contributed by atoms with van der Waals surface area (Å²) in [7, 11) is -1.37. The number of aromatic nitrogens is 3. The van der Waals surface area contributed by atoms with Crippen molar-refractivity contribution in [3.63, 3.8) is 0 Å². The number of alkyl halides is 3. The molecule has 9 nitrogen and oxygen atoms in total. The van der Waals surface area contributed by atoms with Gasteiger partial charge in [-0.15, -0.1) is 0 Å². The van der Waals surface area contributed by atoms with Crippen LogP contribution in [-0.2, 0) is 22.4 Å². The standard InChI is InChI=1S/C29H39ClF3N5O4Si/c1-28(2,3)42-27(40)36-21-9-7-8-20(21)35-26-34-14-19(29(31,32)33)24(37-26)18-15-38(16-41-12-13-43(4,5)6)25-17(18)10-11-22(39)23(25)30/h10-11,14-15,20-21,39H,7-9,12-13,16H2,1-6H3,(H,36,40)(H,34,35,37)/t20-,21-/m0/s1. The van der Waals surface area contributed by atoms with E-state index in [4.69, 9.17) is 21.1 Å². The smallest absolute Gasteiger partial charge is 0.419 e. The van der Waals surface area contributed by atoms with Gasteiger partial charge >= 0.3 is 12.3 Å². The Kier molecular flexibility index (Phi) is 9.58. The molecule has 236 valence electrons. The SMILES string of the molecule is CC(C)(C)OC(=O)N[C@H]1CCC[C@@H]1Nc1ncc(C(F)(F)F)c(-c2cn(COCC[Si](C)(C)C)c3c(Cl)c(O)ccc23)n1. The minimum Gasteiger partial charge on any atom is -0.506 e. The first kappa shape index (κ1) is 32.9. The number of rotatable bonds is 9. The average molecular weight is 642 g/mol. The maximum Gasteiger partial charge on any atom is 0.419 e. The maximum atomic E-state index is 14.3. The van der Waals surface area contributed by atoms with Crippen LogP contribution >= 0.6 is 11.6 Å². The molecule has 2 atom stereocenters. The van der Waals surface area contributed by atoms with Crippen LogP contribution in [0.15, 0.2) is 24.5 Å². The normalized spacial score (nSPS) is 17.8. The maximum absolute atomic E-state index is 14.3. The van der Waals surface area contributed by atoms with Crippen LogP contribution in [0.3, 0.4) is 0 Å². The highest BCUT2D eigenvalue weighted by molar-refractivity contribution is 6.76. The lowest BCUT2D eigenvalue weighted by atomic mass is 10.1. The lowest BCUT2D eigenvalue weighted by Gasteiger charge is -2.25. The molecule has 0 spiro atoms. The Labute approximate surface area is 255 Å². The van der Waals surface area contributed by atoms with Gasteiger partial charge in [0, 0.05) is 44.1 Å². The fourth-order valence-electron chi connectivity index (χ4n) is 4.97. The number of phenols is 1. The minimum atomic E-state index is -4.75. The van der Waals surface area contributed by atoms with Gasteiger partial charge in [0.25, 0.3) is 0 Å². The molecule has 0 saturated heterocycles. The molecule has 1 aliphatic carbocycles. The Morgan fingerprint density at radius 2 is 1.88 bits per heavy atom. The zero-order chi connectivity index (χ0) is 31.7. The van der Waals surface area contributed by atoms with Gasteiger partial charge in [-0.1, -0.05) is 31.2 Å². The zero-order valence-corrected chi connectivity index (χ0v) is 27.0. The summed E-state index contributed by atoms with van der Waals surface area (Å²) >= 11 is 6.46. The molecule has 4 rings (SSSR count). The van der Waals surface area contributed by atoms with Crippen molar-refractivity contribution < 1.29 is 32.5 Å². The van der Waals surface area contributed by atoms with E-state index in [0.717, 1.165) is 18.7 Å². The second-order valence-electron chi connectivity index (χ2n) is 13.0. The Morgan fingerprint density at radius 3 is 2.53 bits per heavy atom. The Morgan fingerprint density at radius 1 is 1.19 bits per heavy atom. The molecule has 1 fully saturated rings. The summed E-state index contributed by atoms with van der Waals surface area (Å²) in [6.07, 6.45) is -0.940. The van der Waals surface area contributed by atoms with E-state index in [1.807, 2.05) is 0 Å². The summed E-state index contributed by atoms with van der Waals surface area (Å²) in [6.45, 7) is 12.5. The van der Waals surface area contributed by atoms with Gasteiger partial charge in [-0.25, -0.2) is 14.8 Å². The molecule has 1 aliphatic rings. The summed E-state index contributed by atoms with van der Waals surface area (Å²) in [5.74, 6) is -0.212. The van der Waals surface area contributed by atoms with E-state index in [-0.39, 0.29) is 46.8 Å². The molecule has 2 heterocycles. The molecule has 3 aromatic rings. The van der Waals surface area contributed by atoms with Crippen molar-refractivity contribution in [2.24, 2.45) is 0 Å². The Balaban J connectivity index is 1.69. The summed E-state index contributed by atoms with van der Waals surface area (Å²) in [5, 5.41) is 16.6. The second-order valence-corrected chi connectivity index (χ2v) is 19.0. The van der Waals surface area contributed by atoms with Crippen molar-refractivity contribution in [1.82, 2.24) is 19.9 Å². The summed E-state index contributed by atoms with van der Waals surface area (Å²) < 4.78 is 55.6. The van der Waals surface area contributed by atoms with Crippen LogP contribution in [0.4, 0.5) is 23.9 Å². The highest BCUT2D eigenvalue weighted by Gasteiger charge is 2.37. The van der Waals surface area contributed by atoms with E-state index in [2.05, 4.69) is 40.2 Å². The van der Waals surface area contributed by atoms with Crippen LogP contribution in [-0.4, -0.2) is 58.1 Å². The number of amides is 1. The van der Waals surface area contributed by atoms with Crippen LogP contribution in [0.5, 0.6) is 5.75 Å². The number of carbonyl (C=O) groups excluding carboxylic acids is 1. The van der Waals surface area contributed by atoms with Gasteiger partial charge in [0.1, 0.15) is 28.7 Å². The van der Waals surface area contributed by atoms with Crippen LogP contribution in [0.25, 0.3) is 22.2 Å². The number of benzene rings is 1. The fraction of sp³-hybridized carbons (Fsp3) is 0.552. The molecular formula is C29H39ClF3N5O4Si.